The summed E-state index contributed by atoms with van der Waals surface area (Å²) in [6.45, 7) is 8.17. The van der Waals surface area contributed by atoms with Crippen molar-refractivity contribution in [1.29, 1.82) is 0 Å². The van der Waals surface area contributed by atoms with Crippen LogP contribution in [0.15, 0.2) is 28.8 Å². The Kier molecular flexibility index (Phi) is 6.84. The van der Waals surface area contributed by atoms with Crippen LogP contribution >= 0.6 is 11.6 Å². The molecule has 0 atom stereocenters. The highest BCUT2D eigenvalue weighted by Gasteiger charge is 2.29. The Bertz CT molecular complexity index is 662. The van der Waals surface area contributed by atoms with Gasteiger partial charge in [-0.3, -0.25) is 0 Å². The number of fused-ring (bicyclic) bond motifs is 1. The van der Waals surface area contributed by atoms with E-state index < -0.39 is 0 Å². The van der Waals surface area contributed by atoms with E-state index >= 15 is 0 Å². The van der Waals surface area contributed by atoms with Gasteiger partial charge in [-0.15, -0.1) is 0 Å². The van der Waals surface area contributed by atoms with Gasteiger partial charge in [0.2, 0.25) is 5.96 Å². The Morgan fingerprint density at radius 1 is 1.20 bits per heavy atom. The molecular weight excluding hydrogens is 336 g/mol. The number of nitrogens with two attached hydrogens (primary N) is 2. The molecule has 4 N–H and O–H groups in total. The molecule has 0 saturated carbocycles. The lowest BCUT2D eigenvalue weighted by Crippen LogP contribution is -2.54. The van der Waals surface area contributed by atoms with Gasteiger partial charge in [0, 0.05) is 36.8 Å². The monoisotopic (exact) mass is 364 g/mol. The van der Waals surface area contributed by atoms with Crippen LogP contribution in [0.3, 0.4) is 0 Å². The Hall–Kier alpha value is -1.60. The van der Waals surface area contributed by atoms with E-state index in [0.717, 1.165) is 55.5 Å². The molecule has 0 amide bonds. The normalized spacial score (nSPS) is 19.7. The summed E-state index contributed by atoms with van der Waals surface area (Å²) in [6.07, 6.45) is 0.936. The van der Waals surface area contributed by atoms with Crippen LogP contribution in [0.5, 0.6) is 0 Å². The van der Waals surface area contributed by atoms with Gasteiger partial charge >= 0.3 is 0 Å². The maximum Gasteiger partial charge on any atom is 0.221 e. The van der Waals surface area contributed by atoms with E-state index in [-0.39, 0.29) is 0 Å². The van der Waals surface area contributed by atoms with E-state index in [4.69, 9.17) is 22.4 Å². The van der Waals surface area contributed by atoms with Gasteiger partial charge < -0.3 is 15.5 Å². The minimum Gasteiger partial charge on any atom is -0.339 e. The molecule has 2 aliphatic rings. The number of benzene rings is 1. The highest BCUT2D eigenvalue weighted by molar-refractivity contribution is 6.31. The summed E-state index contributed by atoms with van der Waals surface area (Å²) in [7, 11) is 3.64. The lowest BCUT2D eigenvalue weighted by molar-refractivity contribution is 0.203. The number of piperazine rings is 1. The molecule has 1 saturated heterocycles. The predicted octanol–water partition coefficient (Wildman–Crippen LogP) is 2.48. The summed E-state index contributed by atoms with van der Waals surface area (Å²) < 4.78 is 0. The third-order valence-corrected chi connectivity index (χ3v) is 4.85. The molecule has 0 unspecified atom stereocenters. The molecule has 1 aromatic rings. The highest BCUT2D eigenvalue weighted by atomic mass is 35.5. The summed E-state index contributed by atoms with van der Waals surface area (Å²) in [5.74, 6) is 7.31. The third kappa shape index (κ3) is 4.15. The van der Waals surface area contributed by atoms with E-state index in [2.05, 4.69) is 36.4 Å². The Morgan fingerprint density at radius 3 is 2.44 bits per heavy atom. The van der Waals surface area contributed by atoms with Crippen LogP contribution in [0.4, 0.5) is 5.69 Å². The van der Waals surface area contributed by atoms with Crippen molar-refractivity contribution in [1.82, 2.24) is 14.8 Å². The molecule has 3 rings (SSSR count). The van der Waals surface area contributed by atoms with Crippen LogP contribution in [-0.4, -0.2) is 61.0 Å². The Balaban J connectivity index is 0.00000109. The number of hydrogen-bond donors (Lipinski definition) is 2. The molecule has 0 aliphatic carbocycles. The number of nitrogens with zero attached hydrogens (tertiary/aromatic N) is 4. The quantitative estimate of drug-likeness (QED) is 0.749. The van der Waals surface area contributed by atoms with Crippen LogP contribution in [0.25, 0.3) is 5.70 Å². The molecule has 6 nitrogen and oxygen atoms in total. The first-order valence-electron chi connectivity index (χ1n) is 8.65. The fourth-order valence-corrected chi connectivity index (χ4v) is 3.19. The lowest BCUT2D eigenvalue weighted by Gasteiger charge is -2.40. The average molecular weight is 365 g/mol. The molecule has 1 aromatic carbocycles. The van der Waals surface area contributed by atoms with Crippen molar-refractivity contribution in [2.24, 2.45) is 16.6 Å². The number of allylic oxidation sites excluding steroid dienone is 1. The van der Waals surface area contributed by atoms with Gasteiger partial charge in [-0.1, -0.05) is 18.5 Å². The van der Waals surface area contributed by atoms with Crippen molar-refractivity contribution in [2.45, 2.75) is 20.3 Å². The second-order valence-corrected chi connectivity index (χ2v) is 6.65. The molecule has 2 aliphatic heterocycles. The smallest absolute Gasteiger partial charge is 0.221 e. The summed E-state index contributed by atoms with van der Waals surface area (Å²) in [4.78, 5) is 9.40. The van der Waals surface area contributed by atoms with E-state index in [1.165, 1.54) is 12.6 Å². The molecule has 0 aromatic heterocycles. The average Bonchev–Trinajstić information content (AvgIpc) is 2.63. The number of halogens is 1. The standard InChI is InChI=1S/C17H24ClN5.CH5N/c1-4-12(2)16-14-11-13(18)5-6-15(14)20-17(23(16)19)22-9-7-21(3)8-10-22;1-2/h5-6,11H,4,7-10,19H2,1-3H3;2H2,1H3. The first-order chi connectivity index (χ1) is 12.0. The number of aliphatic imine (C=N–C) groups is 1. The van der Waals surface area contributed by atoms with Crippen LogP contribution < -0.4 is 11.6 Å². The highest BCUT2D eigenvalue weighted by Crippen LogP contribution is 2.37. The minimum absolute atomic E-state index is 0.705. The zero-order valence-electron chi connectivity index (χ0n) is 15.6. The number of likely N-dealkylation sites (N-methyl/N-ethyl adjacent to an activating group) is 1. The van der Waals surface area contributed by atoms with Crippen molar-refractivity contribution in [3.05, 3.63) is 34.4 Å². The second kappa shape index (κ2) is 8.67. The van der Waals surface area contributed by atoms with Crippen molar-refractivity contribution >= 4 is 28.9 Å². The van der Waals surface area contributed by atoms with E-state index in [0.29, 0.717) is 5.02 Å². The SMILES string of the molecule is CCC(C)=C1c2cc(Cl)ccc2N=C(N2CCN(C)CC2)N1N.CN. The van der Waals surface area contributed by atoms with Gasteiger partial charge in [-0.25, -0.2) is 15.8 Å². The molecule has 25 heavy (non-hydrogen) atoms. The van der Waals surface area contributed by atoms with Gasteiger partial charge in [0.05, 0.1) is 11.4 Å². The van der Waals surface area contributed by atoms with E-state index in [9.17, 15) is 0 Å². The first kappa shape index (κ1) is 19.7. The first-order valence-corrected chi connectivity index (χ1v) is 9.03. The van der Waals surface area contributed by atoms with Gasteiger partial charge in [0.25, 0.3) is 0 Å². The molecule has 0 spiro atoms. The summed E-state index contributed by atoms with van der Waals surface area (Å²) in [5, 5.41) is 2.44. The lowest BCUT2D eigenvalue weighted by atomic mass is 10.0. The molecule has 0 radical (unpaired) electrons. The molecular formula is C18H29ClN6. The number of rotatable bonds is 1. The van der Waals surface area contributed by atoms with E-state index in [1.807, 2.05) is 18.2 Å². The van der Waals surface area contributed by atoms with Crippen LogP contribution in [-0.2, 0) is 0 Å². The molecule has 138 valence electrons. The molecule has 2 heterocycles. The molecule has 7 heteroatoms. The van der Waals surface area contributed by atoms with Crippen LogP contribution in [0.1, 0.15) is 25.8 Å². The topological polar surface area (TPSA) is 74.1 Å². The molecule has 1 fully saturated rings. The van der Waals surface area contributed by atoms with Crippen LogP contribution in [0, 0.1) is 0 Å². The van der Waals surface area contributed by atoms with Gasteiger partial charge in [-0.2, -0.15) is 0 Å². The Morgan fingerprint density at radius 2 is 1.84 bits per heavy atom. The van der Waals surface area contributed by atoms with Crippen LogP contribution in [0.2, 0.25) is 5.02 Å². The third-order valence-electron chi connectivity index (χ3n) is 4.61. The fourth-order valence-electron chi connectivity index (χ4n) is 3.02. The van der Waals surface area contributed by atoms with Gasteiger partial charge in [0.15, 0.2) is 0 Å². The maximum atomic E-state index is 6.48. The second-order valence-electron chi connectivity index (χ2n) is 6.22. The number of hydrazine groups is 1. The Labute approximate surface area is 155 Å². The minimum atomic E-state index is 0.705. The predicted molar refractivity (Wildman–Crippen MR) is 107 cm³/mol. The van der Waals surface area contributed by atoms with Crippen molar-refractivity contribution in [3.8, 4) is 0 Å². The summed E-state index contributed by atoms with van der Waals surface area (Å²) >= 11 is 6.19. The van der Waals surface area contributed by atoms with Crippen molar-refractivity contribution < 1.29 is 0 Å². The zero-order chi connectivity index (χ0) is 18.6. The van der Waals surface area contributed by atoms with Crippen molar-refractivity contribution in [3.63, 3.8) is 0 Å². The maximum absolute atomic E-state index is 6.48. The zero-order valence-corrected chi connectivity index (χ0v) is 16.3. The fraction of sp³-hybridized carbons (Fsp3) is 0.500. The largest absolute Gasteiger partial charge is 0.339 e. The van der Waals surface area contributed by atoms with Crippen molar-refractivity contribution in [2.75, 3.05) is 40.3 Å². The number of hydrogen-bond acceptors (Lipinski definition) is 6. The van der Waals surface area contributed by atoms with Gasteiger partial charge in [-0.05, 0) is 51.2 Å². The van der Waals surface area contributed by atoms with Gasteiger partial charge in [0.1, 0.15) is 0 Å². The molecule has 0 bridgehead atoms. The number of guanidine groups is 1. The summed E-state index contributed by atoms with van der Waals surface area (Å²) in [6, 6.07) is 5.82. The van der Waals surface area contributed by atoms with E-state index in [1.54, 1.807) is 5.01 Å². The summed E-state index contributed by atoms with van der Waals surface area (Å²) in [5.41, 5.74) is 8.71.